The number of nitrogens with zero attached hydrogens (tertiary/aromatic N) is 3. The molecule has 0 N–H and O–H groups in total. The van der Waals surface area contributed by atoms with Crippen molar-refractivity contribution in [1.29, 1.82) is 0 Å². The lowest BCUT2D eigenvalue weighted by molar-refractivity contribution is 0.0680. The number of aromatic nitrogens is 1. The van der Waals surface area contributed by atoms with E-state index in [2.05, 4.69) is 0 Å². The maximum Gasteiger partial charge on any atom is 0.270 e. The minimum atomic E-state index is -3.07. The quantitative estimate of drug-likeness (QED) is 0.737. The Balaban J connectivity index is 2.24. The van der Waals surface area contributed by atoms with E-state index in [0.29, 0.717) is 28.8 Å². The third-order valence-corrected chi connectivity index (χ3v) is 6.84. The fraction of sp³-hybridized carbons (Fsp3) is 0.667. The summed E-state index contributed by atoms with van der Waals surface area (Å²) in [7, 11) is 2.52. The van der Waals surface area contributed by atoms with Crippen molar-refractivity contribution in [3.8, 4) is 0 Å². The summed E-state index contributed by atoms with van der Waals surface area (Å²) in [6.07, 6.45) is 1.24. The van der Waals surface area contributed by atoms with Gasteiger partial charge in [-0.15, -0.1) is 0 Å². The monoisotopic (exact) mass is 395 g/mol. The smallest absolute Gasteiger partial charge is 0.270 e. The molecule has 1 saturated heterocycles. The molecule has 0 saturated carbocycles. The molecular formula is C15H23Cl2N3O3S. The molecule has 1 fully saturated rings. The maximum absolute atomic E-state index is 13.0. The highest BCUT2D eigenvalue weighted by molar-refractivity contribution is 7.91. The lowest BCUT2D eigenvalue weighted by Crippen LogP contribution is -2.43. The minimum absolute atomic E-state index is 0.0204. The van der Waals surface area contributed by atoms with Gasteiger partial charge in [-0.25, -0.2) is 8.42 Å². The van der Waals surface area contributed by atoms with Crippen LogP contribution in [-0.4, -0.2) is 73.4 Å². The molecule has 136 valence electrons. The summed E-state index contributed by atoms with van der Waals surface area (Å²) in [6.45, 7) is 1.31. The van der Waals surface area contributed by atoms with E-state index in [0.717, 1.165) is 13.0 Å². The third-order valence-electron chi connectivity index (χ3n) is 4.25. The minimum Gasteiger partial charge on any atom is -0.333 e. The third kappa shape index (κ3) is 4.45. The Morgan fingerprint density at radius 2 is 2.00 bits per heavy atom. The van der Waals surface area contributed by atoms with Crippen molar-refractivity contribution in [3.63, 3.8) is 0 Å². The van der Waals surface area contributed by atoms with Gasteiger partial charge in [-0.2, -0.15) is 0 Å². The van der Waals surface area contributed by atoms with Gasteiger partial charge in [0.25, 0.3) is 5.91 Å². The average Bonchev–Trinajstić information content (AvgIpc) is 2.97. The molecule has 0 aliphatic carbocycles. The summed E-state index contributed by atoms with van der Waals surface area (Å²) in [5.41, 5.74) is 0.374. The number of amides is 1. The number of hydrogen-bond donors (Lipinski definition) is 0. The van der Waals surface area contributed by atoms with Crippen molar-refractivity contribution >= 4 is 38.9 Å². The molecule has 1 aromatic rings. The molecule has 0 aromatic carbocycles. The first-order chi connectivity index (χ1) is 11.1. The van der Waals surface area contributed by atoms with Gasteiger partial charge in [0.15, 0.2) is 9.84 Å². The Morgan fingerprint density at radius 1 is 1.33 bits per heavy atom. The van der Waals surface area contributed by atoms with Gasteiger partial charge in [0.05, 0.1) is 16.5 Å². The first-order valence-corrected chi connectivity index (χ1v) is 10.4. The molecule has 1 unspecified atom stereocenters. The van der Waals surface area contributed by atoms with Gasteiger partial charge < -0.3 is 14.4 Å². The van der Waals surface area contributed by atoms with E-state index in [1.54, 1.807) is 11.9 Å². The van der Waals surface area contributed by atoms with Crippen molar-refractivity contribution in [2.75, 3.05) is 38.7 Å². The molecule has 0 spiro atoms. The number of halogens is 2. The van der Waals surface area contributed by atoms with Crippen LogP contribution in [-0.2, 0) is 16.9 Å². The van der Waals surface area contributed by atoms with E-state index in [-0.39, 0.29) is 23.5 Å². The van der Waals surface area contributed by atoms with Crippen LogP contribution in [0, 0.1) is 0 Å². The van der Waals surface area contributed by atoms with E-state index in [1.807, 2.05) is 19.0 Å². The van der Waals surface area contributed by atoms with Crippen molar-refractivity contribution < 1.29 is 13.2 Å². The second kappa shape index (κ2) is 7.64. The van der Waals surface area contributed by atoms with Gasteiger partial charge in [-0.05, 0) is 39.5 Å². The molecule has 2 heterocycles. The van der Waals surface area contributed by atoms with Crippen LogP contribution < -0.4 is 0 Å². The Hall–Kier alpha value is -0.760. The van der Waals surface area contributed by atoms with Gasteiger partial charge in [0.2, 0.25) is 0 Å². The standard InChI is InChI=1S/C15H23Cl2N3O3S/c1-18(2)6-4-7-20(11-5-8-24(22,23)10-11)15(21)13-9-12(16)14(17)19(13)3/h9,11H,4-8,10H2,1-3H3. The topological polar surface area (TPSA) is 62.6 Å². The largest absolute Gasteiger partial charge is 0.333 e. The Labute approximate surface area is 153 Å². The Morgan fingerprint density at radius 3 is 2.46 bits per heavy atom. The molecule has 6 nitrogen and oxygen atoms in total. The molecule has 1 aromatic heterocycles. The van der Waals surface area contributed by atoms with E-state index in [1.165, 1.54) is 10.6 Å². The van der Waals surface area contributed by atoms with Crippen LogP contribution in [0.25, 0.3) is 0 Å². The summed E-state index contributed by atoms with van der Waals surface area (Å²) in [4.78, 5) is 16.7. The number of carbonyl (C=O) groups excluding carboxylic acids is 1. The fourth-order valence-corrected chi connectivity index (χ4v) is 5.03. The highest BCUT2D eigenvalue weighted by Crippen LogP contribution is 2.27. The molecule has 9 heteroatoms. The molecule has 0 radical (unpaired) electrons. The first-order valence-electron chi connectivity index (χ1n) is 7.79. The van der Waals surface area contributed by atoms with E-state index in [9.17, 15) is 13.2 Å². The maximum atomic E-state index is 13.0. The summed E-state index contributed by atoms with van der Waals surface area (Å²) >= 11 is 12.1. The van der Waals surface area contributed by atoms with Gasteiger partial charge in [0, 0.05) is 19.6 Å². The summed E-state index contributed by atoms with van der Waals surface area (Å²) in [5.74, 6) is -0.0803. The average molecular weight is 396 g/mol. The van der Waals surface area contributed by atoms with Crippen LogP contribution >= 0.6 is 23.2 Å². The first kappa shape index (κ1) is 19.6. The van der Waals surface area contributed by atoms with Crippen molar-refractivity contribution in [2.24, 2.45) is 7.05 Å². The molecule has 1 amide bonds. The molecule has 1 atom stereocenters. The molecule has 1 aliphatic rings. The highest BCUT2D eigenvalue weighted by atomic mass is 35.5. The predicted octanol–water partition coefficient (Wildman–Crippen LogP) is 1.91. The summed E-state index contributed by atoms with van der Waals surface area (Å²) in [5, 5.41) is 0.613. The zero-order valence-electron chi connectivity index (χ0n) is 14.1. The van der Waals surface area contributed by atoms with Crippen LogP contribution in [0.5, 0.6) is 0 Å². The van der Waals surface area contributed by atoms with E-state index < -0.39 is 9.84 Å². The van der Waals surface area contributed by atoms with E-state index in [4.69, 9.17) is 23.2 Å². The van der Waals surface area contributed by atoms with Gasteiger partial charge in [-0.1, -0.05) is 23.2 Å². The van der Waals surface area contributed by atoms with E-state index >= 15 is 0 Å². The van der Waals surface area contributed by atoms with Crippen LogP contribution in [0.4, 0.5) is 0 Å². The highest BCUT2D eigenvalue weighted by Gasteiger charge is 2.35. The SMILES string of the molecule is CN(C)CCCN(C(=O)c1cc(Cl)c(Cl)n1C)C1CCS(=O)(=O)C1. The van der Waals surface area contributed by atoms with Crippen LogP contribution in [0.3, 0.4) is 0 Å². The number of hydrogen-bond acceptors (Lipinski definition) is 4. The number of carbonyl (C=O) groups is 1. The van der Waals surface area contributed by atoms with Crippen LogP contribution in [0.1, 0.15) is 23.3 Å². The Bertz CT molecular complexity index is 716. The lowest BCUT2D eigenvalue weighted by Gasteiger charge is -2.29. The van der Waals surface area contributed by atoms with Crippen LogP contribution in [0.2, 0.25) is 10.2 Å². The normalized spacial score (nSPS) is 19.8. The molecular weight excluding hydrogens is 373 g/mol. The molecule has 0 bridgehead atoms. The Kier molecular flexibility index (Phi) is 6.23. The van der Waals surface area contributed by atoms with Gasteiger partial charge in [0.1, 0.15) is 10.8 Å². The second-order valence-electron chi connectivity index (χ2n) is 6.44. The zero-order chi connectivity index (χ0) is 18.1. The molecule has 1 aliphatic heterocycles. The zero-order valence-corrected chi connectivity index (χ0v) is 16.5. The van der Waals surface area contributed by atoms with Gasteiger partial charge in [-0.3, -0.25) is 4.79 Å². The lowest BCUT2D eigenvalue weighted by atomic mass is 10.2. The van der Waals surface area contributed by atoms with Crippen molar-refractivity contribution in [1.82, 2.24) is 14.4 Å². The fourth-order valence-electron chi connectivity index (χ4n) is 2.92. The summed E-state index contributed by atoms with van der Waals surface area (Å²) < 4.78 is 25.2. The van der Waals surface area contributed by atoms with Crippen LogP contribution in [0.15, 0.2) is 6.07 Å². The second-order valence-corrected chi connectivity index (χ2v) is 9.43. The number of rotatable bonds is 6. The molecule has 2 rings (SSSR count). The summed E-state index contributed by atoms with van der Waals surface area (Å²) in [6, 6.07) is 1.24. The van der Waals surface area contributed by atoms with Crippen molar-refractivity contribution in [2.45, 2.75) is 18.9 Å². The number of sulfone groups is 1. The molecule has 24 heavy (non-hydrogen) atoms. The van der Waals surface area contributed by atoms with Crippen molar-refractivity contribution in [3.05, 3.63) is 21.9 Å². The predicted molar refractivity (Wildman–Crippen MR) is 96.7 cm³/mol. The van der Waals surface area contributed by atoms with Gasteiger partial charge >= 0.3 is 0 Å².